The Labute approximate surface area is 99.5 Å². The largest absolute Gasteiger partial charge is 0.349 e. The van der Waals surface area contributed by atoms with Crippen LogP contribution in [0.5, 0.6) is 0 Å². The smallest absolute Gasteiger partial charge is 0.132 e. The molecule has 15 heavy (non-hydrogen) atoms. The molecule has 0 bridgehead atoms. The van der Waals surface area contributed by atoms with Gasteiger partial charge in [-0.05, 0) is 34.5 Å². The summed E-state index contributed by atoms with van der Waals surface area (Å²) in [6, 6.07) is 2.06. The molecule has 0 aromatic carbocycles. The van der Waals surface area contributed by atoms with Crippen LogP contribution in [0.3, 0.4) is 0 Å². The minimum Gasteiger partial charge on any atom is -0.349 e. The fraction of sp³-hybridized carbons (Fsp3) is 0.250. The fourth-order valence-electron chi connectivity index (χ4n) is 1.42. The van der Waals surface area contributed by atoms with Crippen molar-refractivity contribution in [3.8, 4) is 0 Å². The molecule has 80 valence electrons. The molecule has 0 atom stereocenters. The van der Waals surface area contributed by atoms with E-state index in [0.717, 1.165) is 28.9 Å². The summed E-state index contributed by atoms with van der Waals surface area (Å²) in [4.78, 5) is 6.53. The highest BCUT2D eigenvalue weighted by Gasteiger charge is 2.07. The first-order chi connectivity index (χ1) is 7.19. The predicted octanol–water partition coefficient (Wildman–Crippen LogP) is 3.33. The van der Waals surface area contributed by atoms with Gasteiger partial charge in [0.25, 0.3) is 0 Å². The second-order valence-corrected chi connectivity index (χ2v) is 4.19. The molecule has 1 heterocycles. The number of halogens is 1. The minimum absolute atomic E-state index is 0.779. The Morgan fingerprint density at radius 2 is 2.00 bits per heavy atom. The van der Waals surface area contributed by atoms with Crippen molar-refractivity contribution in [3.05, 3.63) is 47.6 Å². The summed E-state index contributed by atoms with van der Waals surface area (Å²) in [5, 5.41) is 0. The third-order valence-corrected chi connectivity index (χ3v) is 2.45. The SMILES string of the molecule is C=CCN(CC=C)c1ncc(Br)cc1C. The number of nitrogens with zero attached hydrogens (tertiary/aromatic N) is 2. The summed E-state index contributed by atoms with van der Waals surface area (Å²) in [6.45, 7) is 11.1. The Balaban J connectivity index is 2.98. The van der Waals surface area contributed by atoms with Crippen LogP contribution in [0.25, 0.3) is 0 Å². The maximum absolute atomic E-state index is 4.40. The van der Waals surface area contributed by atoms with Crippen LogP contribution in [0.15, 0.2) is 42.0 Å². The Morgan fingerprint density at radius 3 is 2.47 bits per heavy atom. The van der Waals surface area contributed by atoms with Crippen molar-refractivity contribution in [1.82, 2.24) is 4.98 Å². The molecule has 3 heteroatoms. The number of hydrogen-bond acceptors (Lipinski definition) is 2. The van der Waals surface area contributed by atoms with Crippen molar-refractivity contribution in [2.45, 2.75) is 6.92 Å². The van der Waals surface area contributed by atoms with Gasteiger partial charge in [-0.1, -0.05) is 12.2 Å². The van der Waals surface area contributed by atoms with Gasteiger partial charge in [-0.15, -0.1) is 13.2 Å². The highest BCUT2D eigenvalue weighted by Crippen LogP contribution is 2.20. The van der Waals surface area contributed by atoms with Gasteiger partial charge in [0.05, 0.1) is 0 Å². The summed E-state index contributed by atoms with van der Waals surface area (Å²) in [5.41, 5.74) is 1.15. The average Bonchev–Trinajstić information content (AvgIpc) is 2.17. The van der Waals surface area contributed by atoms with Gasteiger partial charge in [-0.25, -0.2) is 4.98 Å². The lowest BCUT2D eigenvalue weighted by Gasteiger charge is -2.22. The van der Waals surface area contributed by atoms with Crippen LogP contribution in [-0.4, -0.2) is 18.1 Å². The van der Waals surface area contributed by atoms with Gasteiger partial charge < -0.3 is 4.90 Å². The molecule has 0 fully saturated rings. The summed E-state index contributed by atoms with van der Waals surface area (Å²) in [7, 11) is 0. The molecular weight excluding hydrogens is 252 g/mol. The van der Waals surface area contributed by atoms with E-state index >= 15 is 0 Å². The van der Waals surface area contributed by atoms with E-state index in [4.69, 9.17) is 0 Å². The van der Waals surface area contributed by atoms with E-state index < -0.39 is 0 Å². The minimum atomic E-state index is 0.779. The highest BCUT2D eigenvalue weighted by molar-refractivity contribution is 9.10. The molecule has 0 aliphatic carbocycles. The van der Waals surface area contributed by atoms with Gasteiger partial charge in [0.2, 0.25) is 0 Å². The zero-order chi connectivity index (χ0) is 11.3. The highest BCUT2D eigenvalue weighted by atomic mass is 79.9. The molecule has 0 saturated carbocycles. The second kappa shape index (κ2) is 5.71. The fourth-order valence-corrected chi connectivity index (χ4v) is 1.87. The Kier molecular flexibility index (Phi) is 4.56. The van der Waals surface area contributed by atoms with E-state index in [1.807, 2.05) is 25.3 Å². The van der Waals surface area contributed by atoms with Crippen molar-refractivity contribution in [2.24, 2.45) is 0 Å². The molecule has 1 rings (SSSR count). The van der Waals surface area contributed by atoms with Crippen LogP contribution in [0, 0.1) is 6.92 Å². The van der Waals surface area contributed by atoms with E-state index in [9.17, 15) is 0 Å². The van der Waals surface area contributed by atoms with E-state index in [1.54, 1.807) is 0 Å². The Hall–Kier alpha value is -1.09. The molecule has 1 aromatic rings. The standard InChI is InChI=1S/C12H15BrN2/c1-4-6-15(7-5-2)12-10(3)8-11(13)9-14-12/h4-5,8-9H,1-2,6-7H2,3H3. The first kappa shape index (κ1) is 12.0. The number of rotatable bonds is 5. The van der Waals surface area contributed by atoms with E-state index in [-0.39, 0.29) is 0 Å². The molecule has 0 aliphatic rings. The first-order valence-corrected chi connectivity index (χ1v) is 5.57. The summed E-state index contributed by atoms with van der Waals surface area (Å²) < 4.78 is 1.00. The number of anilines is 1. The van der Waals surface area contributed by atoms with Gasteiger partial charge in [0, 0.05) is 23.8 Å². The van der Waals surface area contributed by atoms with E-state index in [2.05, 4.69) is 45.0 Å². The maximum Gasteiger partial charge on any atom is 0.132 e. The zero-order valence-corrected chi connectivity index (χ0v) is 10.5. The van der Waals surface area contributed by atoms with Gasteiger partial charge >= 0.3 is 0 Å². The van der Waals surface area contributed by atoms with Crippen molar-refractivity contribution < 1.29 is 0 Å². The van der Waals surface area contributed by atoms with Crippen LogP contribution in [-0.2, 0) is 0 Å². The summed E-state index contributed by atoms with van der Waals surface area (Å²) >= 11 is 3.40. The molecular formula is C12H15BrN2. The van der Waals surface area contributed by atoms with Crippen molar-refractivity contribution in [2.75, 3.05) is 18.0 Å². The number of aromatic nitrogens is 1. The van der Waals surface area contributed by atoms with Crippen LogP contribution in [0.1, 0.15) is 5.56 Å². The molecule has 0 saturated heterocycles. The molecule has 0 unspecified atom stereocenters. The molecule has 1 aromatic heterocycles. The number of aryl methyl sites for hydroxylation is 1. The summed E-state index contributed by atoms with van der Waals surface area (Å²) in [5.74, 6) is 0.984. The van der Waals surface area contributed by atoms with Crippen molar-refractivity contribution in [3.63, 3.8) is 0 Å². The van der Waals surface area contributed by atoms with Crippen LogP contribution in [0.4, 0.5) is 5.82 Å². The molecule has 0 amide bonds. The lowest BCUT2D eigenvalue weighted by molar-refractivity contribution is 0.916. The van der Waals surface area contributed by atoms with Gasteiger partial charge in [-0.3, -0.25) is 0 Å². The number of hydrogen-bond donors (Lipinski definition) is 0. The lowest BCUT2D eigenvalue weighted by Crippen LogP contribution is -2.24. The molecule has 0 N–H and O–H groups in total. The second-order valence-electron chi connectivity index (χ2n) is 3.28. The lowest BCUT2D eigenvalue weighted by atomic mass is 10.2. The Morgan fingerprint density at radius 1 is 1.40 bits per heavy atom. The molecule has 2 nitrogen and oxygen atoms in total. The average molecular weight is 267 g/mol. The van der Waals surface area contributed by atoms with Gasteiger partial charge in [0.15, 0.2) is 0 Å². The maximum atomic E-state index is 4.40. The predicted molar refractivity (Wildman–Crippen MR) is 69.3 cm³/mol. The quantitative estimate of drug-likeness (QED) is 0.761. The third-order valence-electron chi connectivity index (χ3n) is 2.02. The van der Waals surface area contributed by atoms with Crippen LogP contribution < -0.4 is 4.90 Å². The molecule has 0 spiro atoms. The zero-order valence-electron chi connectivity index (χ0n) is 8.91. The van der Waals surface area contributed by atoms with Gasteiger partial charge in [-0.2, -0.15) is 0 Å². The van der Waals surface area contributed by atoms with Crippen molar-refractivity contribution in [1.29, 1.82) is 0 Å². The third kappa shape index (κ3) is 3.20. The van der Waals surface area contributed by atoms with Crippen LogP contribution in [0.2, 0.25) is 0 Å². The van der Waals surface area contributed by atoms with Crippen LogP contribution >= 0.6 is 15.9 Å². The topological polar surface area (TPSA) is 16.1 Å². The normalized spacial score (nSPS) is 9.73. The summed E-state index contributed by atoms with van der Waals surface area (Å²) in [6.07, 6.45) is 5.54. The first-order valence-electron chi connectivity index (χ1n) is 4.78. The van der Waals surface area contributed by atoms with Crippen molar-refractivity contribution >= 4 is 21.7 Å². The monoisotopic (exact) mass is 266 g/mol. The molecule has 0 radical (unpaired) electrons. The number of pyridine rings is 1. The van der Waals surface area contributed by atoms with E-state index in [1.165, 1.54) is 0 Å². The van der Waals surface area contributed by atoms with Gasteiger partial charge in [0.1, 0.15) is 5.82 Å². The molecule has 0 aliphatic heterocycles. The Bertz CT molecular complexity index is 351. The van der Waals surface area contributed by atoms with E-state index in [0.29, 0.717) is 0 Å².